The van der Waals surface area contributed by atoms with E-state index in [1.54, 1.807) is 18.3 Å². The maximum absolute atomic E-state index is 5.99. The number of hydrogen-bond acceptors (Lipinski definition) is 5. The molecule has 1 aromatic heterocycles. The van der Waals surface area contributed by atoms with Crippen LogP contribution in [0.1, 0.15) is 25.3 Å². The third kappa shape index (κ3) is 4.64. The van der Waals surface area contributed by atoms with Gasteiger partial charge in [0, 0.05) is 6.54 Å². The summed E-state index contributed by atoms with van der Waals surface area (Å²) in [5.74, 6) is 1.36. The highest BCUT2D eigenvalue weighted by molar-refractivity contribution is 6.42. The average Bonchev–Trinajstić information content (AvgIpc) is 2.50. The Hall–Kier alpha value is -1.72. The zero-order valence-corrected chi connectivity index (χ0v) is 13.8. The Morgan fingerprint density at radius 2 is 2.09 bits per heavy atom. The number of hydrogen-bond donors (Lipinski definition) is 2. The molecule has 0 spiro atoms. The molecule has 0 amide bonds. The number of nitrogens with zero attached hydrogens (tertiary/aromatic N) is 2. The van der Waals surface area contributed by atoms with Crippen molar-refractivity contribution in [1.82, 2.24) is 9.97 Å². The fraction of sp³-hybridized carbons (Fsp3) is 0.333. The first-order valence-electron chi connectivity index (χ1n) is 7.03. The Morgan fingerprint density at radius 3 is 2.82 bits per heavy atom. The van der Waals surface area contributed by atoms with Gasteiger partial charge in [0.1, 0.15) is 6.61 Å². The smallest absolute Gasteiger partial charge is 0.222 e. The van der Waals surface area contributed by atoms with Gasteiger partial charge in [-0.3, -0.25) is 0 Å². The monoisotopic (exact) mass is 340 g/mol. The maximum Gasteiger partial charge on any atom is 0.222 e. The Labute approximate surface area is 139 Å². The second kappa shape index (κ2) is 8.06. The minimum absolute atomic E-state index is 0.209. The summed E-state index contributed by atoms with van der Waals surface area (Å²) in [5.41, 5.74) is 6.53. The zero-order valence-electron chi connectivity index (χ0n) is 12.3. The predicted octanol–water partition coefficient (Wildman–Crippen LogP) is 4.16. The second-order valence-electron chi connectivity index (χ2n) is 4.76. The molecule has 7 heteroatoms. The first kappa shape index (κ1) is 16.6. The van der Waals surface area contributed by atoms with Crippen LogP contribution >= 0.6 is 23.2 Å². The number of rotatable bonds is 7. The summed E-state index contributed by atoms with van der Waals surface area (Å²) in [4.78, 5) is 8.14. The van der Waals surface area contributed by atoms with Crippen molar-refractivity contribution in [2.75, 3.05) is 17.6 Å². The molecule has 0 saturated heterocycles. The number of nitrogen functional groups attached to an aromatic ring is 1. The Morgan fingerprint density at radius 1 is 1.27 bits per heavy atom. The first-order chi connectivity index (χ1) is 10.6. The quantitative estimate of drug-likeness (QED) is 0.740. The molecule has 0 unspecified atom stereocenters. The Kier molecular flexibility index (Phi) is 6.10. The van der Waals surface area contributed by atoms with E-state index in [0.29, 0.717) is 28.2 Å². The molecule has 1 aromatic carbocycles. The van der Waals surface area contributed by atoms with Crippen LogP contribution in [0, 0.1) is 0 Å². The van der Waals surface area contributed by atoms with Gasteiger partial charge in [0.2, 0.25) is 5.95 Å². The normalized spacial score (nSPS) is 10.5. The molecule has 0 radical (unpaired) electrons. The SMILES string of the molecule is CCCCNc1nc(N)ncc1OCc1ccc(Cl)c(Cl)c1. The van der Waals surface area contributed by atoms with Gasteiger partial charge < -0.3 is 15.8 Å². The summed E-state index contributed by atoms with van der Waals surface area (Å²) >= 11 is 11.9. The third-order valence-corrected chi connectivity index (χ3v) is 3.71. The molecule has 5 nitrogen and oxygen atoms in total. The third-order valence-electron chi connectivity index (χ3n) is 2.97. The van der Waals surface area contributed by atoms with Crippen LogP contribution in [0.2, 0.25) is 10.0 Å². The van der Waals surface area contributed by atoms with Gasteiger partial charge in [0.25, 0.3) is 0 Å². The standard InChI is InChI=1S/C15H18Cl2N4O/c1-2-3-6-19-14-13(8-20-15(18)21-14)22-9-10-4-5-11(16)12(17)7-10/h4-5,7-8H,2-3,6,9H2,1H3,(H3,18,19,20,21). The summed E-state index contributed by atoms with van der Waals surface area (Å²) in [6.07, 6.45) is 3.69. The highest BCUT2D eigenvalue weighted by Gasteiger charge is 2.08. The lowest BCUT2D eigenvalue weighted by atomic mass is 10.2. The van der Waals surface area contributed by atoms with Crippen LogP contribution in [0.5, 0.6) is 5.75 Å². The van der Waals surface area contributed by atoms with Gasteiger partial charge in [-0.05, 0) is 24.1 Å². The molecular formula is C15H18Cl2N4O. The molecule has 0 aliphatic rings. The van der Waals surface area contributed by atoms with Crippen molar-refractivity contribution >= 4 is 35.0 Å². The van der Waals surface area contributed by atoms with Crippen LogP contribution in [-0.4, -0.2) is 16.5 Å². The molecule has 2 rings (SSSR count). The Bertz CT molecular complexity index is 637. The van der Waals surface area contributed by atoms with Crippen LogP contribution in [0.3, 0.4) is 0 Å². The number of ether oxygens (including phenoxy) is 1. The van der Waals surface area contributed by atoms with Crippen molar-refractivity contribution in [2.24, 2.45) is 0 Å². The van der Waals surface area contributed by atoms with E-state index in [1.165, 1.54) is 0 Å². The fourth-order valence-corrected chi connectivity index (χ4v) is 2.11. The van der Waals surface area contributed by atoms with E-state index in [4.69, 9.17) is 33.7 Å². The van der Waals surface area contributed by atoms with Gasteiger partial charge >= 0.3 is 0 Å². The lowest BCUT2D eigenvalue weighted by Crippen LogP contribution is -2.08. The Balaban J connectivity index is 2.06. The zero-order chi connectivity index (χ0) is 15.9. The molecule has 0 fully saturated rings. The van der Waals surface area contributed by atoms with Crippen molar-refractivity contribution < 1.29 is 4.74 Å². The molecule has 0 atom stereocenters. The van der Waals surface area contributed by atoms with Crippen LogP contribution in [0.4, 0.5) is 11.8 Å². The van der Waals surface area contributed by atoms with E-state index in [1.807, 2.05) is 6.07 Å². The summed E-state index contributed by atoms with van der Waals surface area (Å²) in [6, 6.07) is 5.37. The van der Waals surface area contributed by atoms with Gasteiger partial charge in [-0.15, -0.1) is 0 Å². The summed E-state index contributed by atoms with van der Waals surface area (Å²) in [6.45, 7) is 3.26. The van der Waals surface area contributed by atoms with Gasteiger partial charge in [0.15, 0.2) is 11.6 Å². The number of halogens is 2. The van der Waals surface area contributed by atoms with E-state index in [9.17, 15) is 0 Å². The van der Waals surface area contributed by atoms with Crippen molar-refractivity contribution in [3.05, 3.63) is 40.0 Å². The van der Waals surface area contributed by atoms with Gasteiger partial charge in [0.05, 0.1) is 16.2 Å². The number of benzene rings is 1. The van der Waals surface area contributed by atoms with Crippen LogP contribution in [0.25, 0.3) is 0 Å². The van der Waals surface area contributed by atoms with Gasteiger partial charge in [-0.1, -0.05) is 42.6 Å². The van der Waals surface area contributed by atoms with Crippen molar-refractivity contribution in [2.45, 2.75) is 26.4 Å². The largest absolute Gasteiger partial charge is 0.483 e. The molecule has 0 bridgehead atoms. The molecule has 0 aliphatic heterocycles. The number of aromatic nitrogens is 2. The maximum atomic E-state index is 5.99. The molecule has 1 heterocycles. The first-order valence-corrected chi connectivity index (χ1v) is 7.79. The van der Waals surface area contributed by atoms with E-state index in [2.05, 4.69) is 22.2 Å². The lowest BCUT2D eigenvalue weighted by Gasteiger charge is -2.12. The topological polar surface area (TPSA) is 73.1 Å². The molecule has 118 valence electrons. The highest BCUT2D eigenvalue weighted by atomic mass is 35.5. The number of nitrogens with one attached hydrogen (secondary N) is 1. The van der Waals surface area contributed by atoms with Gasteiger partial charge in [-0.25, -0.2) is 4.98 Å². The molecule has 22 heavy (non-hydrogen) atoms. The van der Waals surface area contributed by atoms with Crippen LogP contribution in [0.15, 0.2) is 24.4 Å². The van der Waals surface area contributed by atoms with Crippen molar-refractivity contribution in [3.8, 4) is 5.75 Å². The van der Waals surface area contributed by atoms with Gasteiger partial charge in [-0.2, -0.15) is 4.98 Å². The number of anilines is 2. The second-order valence-corrected chi connectivity index (χ2v) is 5.57. The van der Waals surface area contributed by atoms with E-state index >= 15 is 0 Å². The predicted molar refractivity (Wildman–Crippen MR) is 90.6 cm³/mol. The van der Waals surface area contributed by atoms with Crippen LogP contribution < -0.4 is 15.8 Å². The van der Waals surface area contributed by atoms with E-state index in [-0.39, 0.29) is 5.95 Å². The average molecular weight is 341 g/mol. The molecular weight excluding hydrogens is 323 g/mol. The summed E-state index contributed by atoms with van der Waals surface area (Å²) in [5, 5.41) is 4.22. The lowest BCUT2D eigenvalue weighted by molar-refractivity contribution is 0.305. The molecule has 2 aromatic rings. The fourth-order valence-electron chi connectivity index (χ4n) is 1.79. The minimum atomic E-state index is 0.209. The summed E-state index contributed by atoms with van der Waals surface area (Å²) < 4.78 is 5.76. The van der Waals surface area contributed by atoms with Crippen LogP contribution in [-0.2, 0) is 6.61 Å². The molecule has 0 aliphatic carbocycles. The van der Waals surface area contributed by atoms with E-state index in [0.717, 1.165) is 24.9 Å². The van der Waals surface area contributed by atoms with E-state index < -0.39 is 0 Å². The summed E-state index contributed by atoms with van der Waals surface area (Å²) in [7, 11) is 0. The highest BCUT2D eigenvalue weighted by Crippen LogP contribution is 2.25. The van der Waals surface area contributed by atoms with Crippen molar-refractivity contribution in [3.63, 3.8) is 0 Å². The molecule has 3 N–H and O–H groups in total. The number of nitrogens with two attached hydrogens (primary N) is 1. The van der Waals surface area contributed by atoms with Crippen molar-refractivity contribution in [1.29, 1.82) is 0 Å². The minimum Gasteiger partial charge on any atom is -0.483 e. The number of unbranched alkanes of at least 4 members (excludes halogenated alkanes) is 1. The molecule has 0 saturated carbocycles.